The average Bonchev–Trinajstić information content (AvgIpc) is 2.39. The van der Waals surface area contributed by atoms with Crippen LogP contribution in [0.25, 0.3) is 0 Å². The van der Waals surface area contributed by atoms with Crippen LogP contribution < -0.4 is 0 Å². The van der Waals surface area contributed by atoms with Crippen LogP contribution in [0.3, 0.4) is 0 Å². The smallest absolute Gasteiger partial charge is 0.123 e. The molecule has 18 heavy (non-hydrogen) atoms. The van der Waals surface area contributed by atoms with E-state index in [4.69, 9.17) is 0 Å². The van der Waals surface area contributed by atoms with Crippen LogP contribution >= 0.6 is 0 Å². The van der Waals surface area contributed by atoms with Crippen molar-refractivity contribution in [3.05, 3.63) is 71.0 Å². The van der Waals surface area contributed by atoms with Crippen molar-refractivity contribution in [1.29, 1.82) is 0 Å². The van der Waals surface area contributed by atoms with Gasteiger partial charge in [-0.25, -0.2) is 4.39 Å². The van der Waals surface area contributed by atoms with Gasteiger partial charge in [-0.2, -0.15) is 0 Å². The Morgan fingerprint density at radius 3 is 2.17 bits per heavy atom. The van der Waals surface area contributed by atoms with E-state index in [1.807, 2.05) is 31.2 Å². The largest absolute Gasteiger partial charge is 0.396 e. The van der Waals surface area contributed by atoms with E-state index < -0.39 is 0 Å². The minimum absolute atomic E-state index is 0.0658. The van der Waals surface area contributed by atoms with Crippen LogP contribution in [0.2, 0.25) is 0 Å². The number of aliphatic hydroxyl groups is 1. The van der Waals surface area contributed by atoms with Crippen LogP contribution in [-0.2, 0) is 6.42 Å². The highest BCUT2D eigenvalue weighted by Gasteiger charge is 2.11. The molecule has 1 unspecified atom stereocenters. The third-order valence-electron chi connectivity index (χ3n) is 3.16. The minimum atomic E-state index is -0.227. The summed E-state index contributed by atoms with van der Waals surface area (Å²) in [5.74, 6) is -0.161. The van der Waals surface area contributed by atoms with Crippen molar-refractivity contribution in [3.8, 4) is 0 Å². The third kappa shape index (κ3) is 3.17. The number of aryl methyl sites for hydroxylation is 1. The molecule has 1 atom stereocenters. The van der Waals surface area contributed by atoms with Gasteiger partial charge in [0.25, 0.3) is 0 Å². The van der Waals surface area contributed by atoms with Gasteiger partial charge in [-0.3, -0.25) is 0 Å². The van der Waals surface area contributed by atoms with Crippen LogP contribution in [0.5, 0.6) is 0 Å². The summed E-state index contributed by atoms with van der Waals surface area (Å²) in [6, 6.07) is 14.6. The van der Waals surface area contributed by atoms with Crippen molar-refractivity contribution < 1.29 is 9.50 Å². The maximum Gasteiger partial charge on any atom is 0.123 e. The predicted octanol–water partition coefficient (Wildman–Crippen LogP) is 3.45. The summed E-state index contributed by atoms with van der Waals surface area (Å²) in [7, 11) is 0. The van der Waals surface area contributed by atoms with Gasteiger partial charge >= 0.3 is 0 Å². The zero-order valence-corrected chi connectivity index (χ0v) is 10.4. The lowest BCUT2D eigenvalue weighted by molar-refractivity contribution is 0.264. The summed E-state index contributed by atoms with van der Waals surface area (Å²) in [6.45, 7) is 2.14. The van der Waals surface area contributed by atoms with Gasteiger partial charge in [0, 0.05) is 5.92 Å². The molecule has 2 aromatic rings. The first-order chi connectivity index (χ1) is 8.69. The van der Waals surface area contributed by atoms with E-state index in [-0.39, 0.29) is 18.3 Å². The number of rotatable bonds is 4. The third-order valence-corrected chi connectivity index (χ3v) is 3.16. The van der Waals surface area contributed by atoms with Crippen molar-refractivity contribution >= 4 is 0 Å². The molecule has 2 aromatic carbocycles. The molecular formula is C16H17FO. The maximum absolute atomic E-state index is 12.8. The fourth-order valence-electron chi connectivity index (χ4n) is 2.03. The Hall–Kier alpha value is -1.67. The van der Waals surface area contributed by atoms with Crippen molar-refractivity contribution in [2.45, 2.75) is 19.3 Å². The lowest BCUT2D eigenvalue weighted by atomic mass is 9.92. The quantitative estimate of drug-likeness (QED) is 0.873. The van der Waals surface area contributed by atoms with Crippen molar-refractivity contribution in [1.82, 2.24) is 0 Å². The van der Waals surface area contributed by atoms with E-state index >= 15 is 0 Å². The summed E-state index contributed by atoms with van der Waals surface area (Å²) in [4.78, 5) is 0. The van der Waals surface area contributed by atoms with Gasteiger partial charge in [-0.15, -0.1) is 0 Å². The fraction of sp³-hybridized carbons (Fsp3) is 0.250. The summed E-state index contributed by atoms with van der Waals surface area (Å²) in [5.41, 5.74) is 3.36. The van der Waals surface area contributed by atoms with Gasteiger partial charge in [0.15, 0.2) is 0 Å². The van der Waals surface area contributed by atoms with E-state index in [9.17, 15) is 9.50 Å². The predicted molar refractivity (Wildman–Crippen MR) is 71.1 cm³/mol. The minimum Gasteiger partial charge on any atom is -0.396 e. The second-order valence-corrected chi connectivity index (χ2v) is 4.62. The lowest BCUT2D eigenvalue weighted by Gasteiger charge is -2.15. The molecule has 0 radical (unpaired) electrons. The molecule has 0 aliphatic carbocycles. The summed E-state index contributed by atoms with van der Waals surface area (Å²) < 4.78 is 12.8. The molecule has 0 aromatic heterocycles. The van der Waals surface area contributed by atoms with Gasteiger partial charge in [0.2, 0.25) is 0 Å². The highest BCUT2D eigenvalue weighted by atomic mass is 19.1. The van der Waals surface area contributed by atoms with Gasteiger partial charge in [0.05, 0.1) is 6.61 Å². The standard InChI is InChI=1S/C16H17FO/c1-12-2-6-14(7-3-12)15(11-18)10-13-4-8-16(17)9-5-13/h2-9,15,18H,10-11H2,1H3. The van der Waals surface area contributed by atoms with Gasteiger partial charge in [-0.05, 0) is 36.6 Å². The molecule has 94 valence electrons. The highest BCUT2D eigenvalue weighted by Crippen LogP contribution is 2.21. The first-order valence-corrected chi connectivity index (χ1v) is 6.11. The zero-order chi connectivity index (χ0) is 13.0. The zero-order valence-electron chi connectivity index (χ0n) is 10.4. The molecule has 2 heteroatoms. The summed E-state index contributed by atoms with van der Waals surface area (Å²) >= 11 is 0. The Kier molecular flexibility index (Phi) is 4.11. The molecule has 0 aliphatic rings. The molecule has 0 saturated heterocycles. The molecule has 0 amide bonds. The molecule has 0 aliphatic heterocycles. The Morgan fingerprint density at radius 2 is 1.61 bits per heavy atom. The Labute approximate surface area is 107 Å². The maximum atomic E-state index is 12.8. The Bertz CT molecular complexity index is 488. The van der Waals surface area contributed by atoms with Crippen LogP contribution in [0.4, 0.5) is 4.39 Å². The van der Waals surface area contributed by atoms with Gasteiger partial charge < -0.3 is 5.11 Å². The van der Waals surface area contributed by atoms with Crippen molar-refractivity contribution in [3.63, 3.8) is 0 Å². The van der Waals surface area contributed by atoms with E-state index in [2.05, 4.69) is 0 Å². The molecule has 0 spiro atoms. The van der Waals surface area contributed by atoms with E-state index in [0.29, 0.717) is 0 Å². The average molecular weight is 244 g/mol. The summed E-state index contributed by atoms with van der Waals surface area (Å²) in [6.07, 6.45) is 0.722. The molecule has 0 fully saturated rings. The number of hydrogen-bond acceptors (Lipinski definition) is 1. The fourth-order valence-corrected chi connectivity index (χ4v) is 2.03. The molecule has 0 bridgehead atoms. The number of hydrogen-bond donors (Lipinski definition) is 1. The molecular weight excluding hydrogens is 227 g/mol. The van der Waals surface area contributed by atoms with Gasteiger partial charge in [0.1, 0.15) is 5.82 Å². The molecule has 0 heterocycles. The normalized spacial score (nSPS) is 12.4. The first-order valence-electron chi connectivity index (χ1n) is 6.11. The van der Waals surface area contributed by atoms with Crippen LogP contribution in [0.1, 0.15) is 22.6 Å². The highest BCUT2D eigenvalue weighted by molar-refractivity contribution is 5.27. The van der Waals surface area contributed by atoms with Crippen LogP contribution in [0, 0.1) is 12.7 Å². The van der Waals surface area contributed by atoms with Crippen LogP contribution in [0.15, 0.2) is 48.5 Å². The van der Waals surface area contributed by atoms with Crippen molar-refractivity contribution in [2.24, 2.45) is 0 Å². The van der Waals surface area contributed by atoms with E-state index in [1.165, 1.54) is 17.7 Å². The molecule has 1 N–H and O–H groups in total. The number of aliphatic hydroxyl groups excluding tert-OH is 1. The van der Waals surface area contributed by atoms with Crippen LogP contribution in [-0.4, -0.2) is 11.7 Å². The Morgan fingerprint density at radius 1 is 1.00 bits per heavy atom. The molecule has 1 nitrogen and oxygen atoms in total. The first kappa shape index (κ1) is 12.8. The monoisotopic (exact) mass is 244 g/mol. The number of halogens is 1. The van der Waals surface area contributed by atoms with E-state index in [1.54, 1.807) is 12.1 Å². The summed E-state index contributed by atoms with van der Waals surface area (Å²) in [5, 5.41) is 9.49. The van der Waals surface area contributed by atoms with Crippen molar-refractivity contribution in [2.75, 3.05) is 6.61 Å². The number of benzene rings is 2. The van der Waals surface area contributed by atoms with E-state index in [0.717, 1.165) is 17.5 Å². The van der Waals surface area contributed by atoms with Gasteiger partial charge in [-0.1, -0.05) is 42.0 Å². The second-order valence-electron chi connectivity index (χ2n) is 4.62. The lowest BCUT2D eigenvalue weighted by Crippen LogP contribution is -2.07. The second kappa shape index (κ2) is 5.78. The topological polar surface area (TPSA) is 20.2 Å². The SMILES string of the molecule is Cc1ccc(C(CO)Cc2ccc(F)cc2)cc1. The molecule has 0 saturated carbocycles. The molecule has 2 rings (SSSR count). The Balaban J connectivity index is 2.14.